The van der Waals surface area contributed by atoms with Crippen molar-refractivity contribution in [2.75, 3.05) is 18.9 Å². The summed E-state index contributed by atoms with van der Waals surface area (Å²) in [6, 6.07) is 26.2. The minimum atomic E-state index is 0.469. The summed E-state index contributed by atoms with van der Waals surface area (Å²) >= 11 is 0. The average Bonchev–Trinajstić information content (AvgIpc) is 2.84. The average molecular weight is 432 g/mol. The third-order valence-corrected chi connectivity index (χ3v) is 5.14. The van der Waals surface area contributed by atoms with Gasteiger partial charge in [-0.1, -0.05) is 92.7 Å². The highest BCUT2D eigenvalue weighted by molar-refractivity contribution is 5.51. The summed E-state index contributed by atoms with van der Waals surface area (Å²) < 4.78 is 0. The van der Waals surface area contributed by atoms with Crippen molar-refractivity contribution < 1.29 is 0 Å². The normalized spacial score (nSPS) is 13.5. The van der Waals surface area contributed by atoms with Gasteiger partial charge in [-0.3, -0.25) is 0 Å². The van der Waals surface area contributed by atoms with E-state index in [1.54, 1.807) is 6.20 Å². The van der Waals surface area contributed by atoms with Crippen molar-refractivity contribution in [1.29, 1.82) is 0 Å². The van der Waals surface area contributed by atoms with Gasteiger partial charge in [0.15, 0.2) is 0 Å². The molecule has 1 heterocycles. The molecule has 0 fully saturated rings. The number of anilines is 1. The maximum absolute atomic E-state index is 4.50. The van der Waals surface area contributed by atoms with E-state index in [1.807, 2.05) is 32.0 Å². The Kier molecular flexibility index (Phi) is 13.5. The molecule has 3 heteroatoms. The van der Waals surface area contributed by atoms with E-state index in [4.69, 9.17) is 0 Å². The van der Waals surface area contributed by atoms with Crippen LogP contribution < -0.4 is 16.4 Å². The molecule has 1 aliphatic rings. The molecule has 0 amide bonds. The summed E-state index contributed by atoms with van der Waals surface area (Å²) in [7, 11) is 1.50. The lowest BCUT2D eigenvalue weighted by Gasteiger charge is -2.27. The molecule has 32 heavy (non-hydrogen) atoms. The monoisotopic (exact) mass is 431 g/mol. The number of fused-ring (bicyclic) bond motifs is 1. The standard InChI is InChI=1S/C17H19N.C9H11N.C2H6.CH5N/c1-13-7-8-16-15(11-13)9-10-18-17(16)12-14-5-3-2-4-6-14;1-3-10-9-7-5-4-6-8(9)2;2*1-2/h2-8,11,17-18H,9-10,12H2,1H3;3-7,10H,1H2,2H3;1-2H3;2H2,1H3. The van der Waals surface area contributed by atoms with Crippen LogP contribution in [0.25, 0.3) is 0 Å². The molecule has 0 saturated carbocycles. The third-order valence-electron chi connectivity index (χ3n) is 5.14. The van der Waals surface area contributed by atoms with Crippen LogP contribution in [0.3, 0.4) is 0 Å². The van der Waals surface area contributed by atoms with E-state index in [2.05, 4.69) is 91.4 Å². The summed E-state index contributed by atoms with van der Waals surface area (Å²) in [5, 5.41) is 6.68. The second-order valence-corrected chi connectivity index (χ2v) is 7.31. The Hall–Kier alpha value is -2.88. The van der Waals surface area contributed by atoms with Gasteiger partial charge in [0.05, 0.1) is 0 Å². The fraction of sp³-hybridized carbons (Fsp3) is 0.310. The van der Waals surface area contributed by atoms with Crippen molar-refractivity contribution in [2.45, 2.75) is 46.6 Å². The molecule has 1 atom stereocenters. The molecule has 0 radical (unpaired) electrons. The van der Waals surface area contributed by atoms with Crippen LogP contribution in [0.5, 0.6) is 0 Å². The number of nitrogens with one attached hydrogen (secondary N) is 2. The van der Waals surface area contributed by atoms with Gasteiger partial charge in [0.2, 0.25) is 0 Å². The zero-order valence-electron chi connectivity index (χ0n) is 20.5. The van der Waals surface area contributed by atoms with Crippen LogP contribution >= 0.6 is 0 Å². The smallest absolute Gasteiger partial charge is 0.0409 e. The molecule has 0 spiro atoms. The number of para-hydroxylation sites is 1. The summed E-state index contributed by atoms with van der Waals surface area (Å²) in [4.78, 5) is 0. The zero-order valence-corrected chi connectivity index (χ0v) is 20.5. The molecule has 4 N–H and O–H groups in total. The summed E-state index contributed by atoms with van der Waals surface area (Å²) in [5.74, 6) is 0. The minimum Gasteiger partial charge on any atom is -0.362 e. The lowest BCUT2D eigenvalue weighted by atomic mass is 9.89. The molecule has 3 nitrogen and oxygen atoms in total. The maximum Gasteiger partial charge on any atom is 0.0409 e. The van der Waals surface area contributed by atoms with E-state index in [-0.39, 0.29) is 0 Å². The molecule has 3 aromatic rings. The quantitative estimate of drug-likeness (QED) is 0.437. The van der Waals surface area contributed by atoms with E-state index in [0.29, 0.717) is 6.04 Å². The highest BCUT2D eigenvalue weighted by atomic mass is 14.9. The first-order chi connectivity index (χ1) is 15.7. The van der Waals surface area contributed by atoms with Crippen LogP contribution in [0, 0.1) is 13.8 Å². The molecule has 0 aliphatic carbocycles. The maximum atomic E-state index is 4.50. The van der Waals surface area contributed by atoms with Gasteiger partial charge in [0, 0.05) is 11.7 Å². The van der Waals surface area contributed by atoms with Crippen LogP contribution in [-0.4, -0.2) is 13.6 Å². The summed E-state index contributed by atoms with van der Waals surface area (Å²) in [6.07, 6.45) is 3.92. The summed E-state index contributed by atoms with van der Waals surface area (Å²) in [6.45, 7) is 12.9. The second-order valence-electron chi connectivity index (χ2n) is 7.31. The van der Waals surface area contributed by atoms with Crippen molar-refractivity contribution >= 4 is 5.69 Å². The number of rotatable bonds is 4. The molecule has 4 rings (SSSR count). The second kappa shape index (κ2) is 15.9. The van der Waals surface area contributed by atoms with Gasteiger partial charge >= 0.3 is 0 Å². The molecule has 1 aliphatic heterocycles. The lowest BCUT2D eigenvalue weighted by Crippen LogP contribution is -2.31. The Morgan fingerprint density at radius 2 is 1.62 bits per heavy atom. The van der Waals surface area contributed by atoms with Crippen LogP contribution in [0.2, 0.25) is 0 Å². The Bertz CT molecular complexity index is 903. The first kappa shape index (κ1) is 27.2. The van der Waals surface area contributed by atoms with Gasteiger partial charge < -0.3 is 16.4 Å². The predicted octanol–water partition coefficient (Wildman–Crippen LogP) is 6.58. The fourth-order valence-corrected chi connectivity index (χ4v) is 3.66. The van der Waals surface area contributed by atoms with Gasteiger partial charge in [0.1, 0.15) is 0 Å². The Labute approximate surface area is 195 Å². The zero-order chi connectivity index (χ0) is 23.8. The lowest BCUT2D eigenvalue weighted by molar-refractivity contribution is 0.502. The molecular formula is C29H41N3. The van der Waals surface area contributed by atoms with Crippen LogP contribution in [0.4, 0.5) is 5.69 Å². The van der Waals surface area contributed by atoms with Crippen molar-refractivity contribution in [3.05, 3.63) is 113 Å². The van der Waals surface area contributed by atoms with Crippen molar-refractivity contribution in [1.82, 2.24) is 5.32 Å². The van der Waals surface area contributed by atoms with E-state index in [1.165, 1.54) is 34.9 Å². The molecule has 1 unspecified atom stereocenters. The Morgan fingerprint density at radius 1 is 0.969 bits per heavy atom. The predicted molar refractivity (Wildman–Crippen MR) is 142 cm³/mol. The van der Waals surface area contributed by atoms with E-state index in [0.717, 1.165) is 25.1 Å². The van der Waals surface area contributed by atoms with E-state index < -0.39 is 0 Å². The molecular weight excluding hydrogens is 390 g/mol. The molecule has 0 aromatic heterocycles. The first-order valence-corrected chi connectivity index (χ1v) is 11.5. The minimum absolute atomic E-state index is 0.469. The molecule has 0 saturated heterocycles. The van der Waals surface area contributed by atoms with Crippen molar-refractivity contribution in [3.8, 4) is 0 Å². The van der Waals surface area contributed by atoms with Crippen LogP contribution in [0.15, 0.2) is 85.6 Å². The SMILES string of the molecule is C=CNc1ccccc1C.CC.CN.Cc1ccc2c(c1)CCNC2Cc1ccccc1. The van der Waals surface area contributed by atoms with Crippen molar-refractivity contribution in [2.24, 2.45) is 5.73 Å². The largest absolute Gasteiger partial charge is 0.362 e. The third kappa shape index (κ3) is 8.70. The van der Waals surface area contributed by atoms with E-state index >= 15 is 0 Å². The molecule has 172 valence electrons. The molecule has 0 bridgehead atoms. The Balaban J connectivity index is 0.000000312. The highest BCUT2D eigenvalue weighted by Crippen LogP contribution is 2.26. The van der Waals surface area contributed by atoms with E-state index in [9.17, 15) is 0 Å². The highest BCUT2D eigenvalue weighted by Gasteiger charge is 2.19. The van der Waals surface area contributed by atoms with Crippen LogP contribution in [0.1, 0.15) is 47.7 Å². The number of nitrogens with two attached hydrogens (primary N) is 1. The van der Waals surface area contributed by atoms with Gasteiger partial charge in [0.25, 0.3) is 0 Å². The van der Waals surface area contributed by atoms with Gasteiger partial charge in [-0.2, -0.15) is 0 Å². The van der Waals surface area contributed by atoms with Crippen LogP contribution in [-0.2, 0) is 12.8 Å². The summed E-state index contributed by atoms with van der Waals surface area (Å²) in [5.41, 5.74) is 12.6. The number of benzene rings is 3. The Morgan fingerprint density at radius 3 is 2.28 bits per heavy atom. The van der Waals surface area contributed by atoms with Crippen molar-refractivity contribution in [3.63, 3.8) is 0 Å². The van der Waals surface area contributed by atoms with Gasteiger partial charge in [-0.25, -0.2) is 0 Å². The van der Waals surface area contributed by atoms with Gasteiger partial charge in [-0.15, -0.1) is 0 Å². The number of hydrogen-bond acceptors (Lipinski definition) is 3. The molecule has 3 aromatic carbocycles. The fourth-order valence-electron chi connectivity index (χ4n) is 3.66. The number of aryl methyl sites for hydroxylation is 2. The van der Waals surface area contributed by atoms with Gasteiger partial charge in [-0.05, 0) is 74.8 Å². The topological polar surface area (TPSA) is 50.1 Å². The first-order valence-electron chi connectivity index (χ1n) is 11.5. The number of hydrogen-bond donors (Lipinski definition) is 3.